The number of halogens is 1. The van der Waals surface area contributed by atoms with Gasteiger partial charge in [-0.1, -0.05) is 12.1 Å². The van der Waals surface area contributed by atoms with E-state index in [4.69, 9.17) is 9.94 Å². The second-order valence-corrected chi connectivity index (χ2v) is 3.85. The quantitative estimate of drug-likeness (QED) is 0.839. The van der Waals surface area contributed by atoms with Crippen LogP contribution in [-0.2, 0) is 4.84 Å². The number of anilines is 1. The van der Waals surface area contributed by atoms with Crippen molar-refractivity contribution in [3.8, 4) is 0 Å². The van der Waals surface area contributed by atoms with E-state index in [2.05, 4.69) is 5.48 Å². The van der Waals surface area contributed by atoms with E-state index in [-0.39, 0.29) is 11.1 Å². The van der Waals surface area contributed by atoms with Crippen LogP contribution in [-0.4, -0.2) is 17.0 Å². The number of carboxylic acid groups (broad SMARTS) is 1. The molecule has 2 aromatic rings. The fourth-order valence-corrected chi connectivity index (χ4v) is 1.53. The van der Waals surface area contributed by atoms with Crippen LogP contribution in [0.2, 0.25) is 0 Å². The van der Waals surface area contributed by atoms with Crippen LogP contribution >= 0.6 is 0 Å². The van der Waals surface area contributed by atoms with Crippen molar-refractivity contribution in [2.45, 2.75) is 0 Å². The van der Waals surface area contributed by atoms with Crippen molar-refractivity contribution in [1.29, 1.82) is 0 Å². The van der Waals surface area contributed by atoms with Crippen LogP contribution in [0.1, 0.15) is 20.7 Å². The molecule has 2 rings (SSSR count). The van der Waals surface area contributed by atoms with Gasteiger partial charge in [-0.2, -0.15) is 0 Å². The third-order valence-electron chi connectivity index (χ3n) is 2.48. The Morgan fingerprint density at radius 2 is 1.60 bits per heavy atom. The Bertz CT molecular complexity index is 640. The summed E-state index contributed by atoms with van der Waals surface area (Å²) >= 11 is 0. The van der Waals surface area contributed by atoms with E-state index in [0.29, 0.717) is 5.69 Å². The Balaban J connectivity index is 2.09. The van der Waals surface area contributed by atoms with Crippen LogP contribution in [0.5, 0.6) is 0 Å². The molecule has 0 aliphatic heterocycles. The highest BCUT2D eigenvalue weighted by Gasteiger charge is 2.17. The fourth-order valence-electron chi connectivity index (χ4n) is 1.53. The molecule has 0 saturated carbocycles. The van der Waals surface area contributed by atoms with Crippen LogP contribution in [0.15, 0.2) is 48.5 Å². The zero-order valence-electron chi connectivity index (χ0n) is 10.2. The Labute approximate surface area is 113 Å². The standard InChI is InChI=1S/C14H10FNO4/c15-9-5-7-10(8-6-9)16-20-14(19)12-4-2-1-3-11(12)13(17)18/h1-8,16H,(H,17,18). The summed E-state index contributed by atoms with van der Waals surface area (Å²) < 4.78 is 12.7. The average Bonchev–Trinajstić information content (AvgIpc) is 2.46. The molecule has 0 atom stereocenters. The van der Waals surface area contributed by atoms with Gasteiger partial charge in [0, 0.05) is 0 Å². The normalized spacial score (nSPS) is 9.85. The van der Waals surface area contributed by atoms with E-state index in [1.54, 1.807) is 0 Å². The van der Waals surface area contributed by atoms with Crippen molar-refractivity contribution in [2.75, 3.05) is 5.48 Å². The molecule has 0 heterocycles. The van der Waals surface area contributed by atoms with E-state index in [1.165, 1.54) is 48.5 Å². The summed E-state index contributed by atoms with van der Waals surface area (Å²) in [5.41, 5.74) is 2.47. The first-order chi connectivity index (χ1) is 9.58. The molecule has 0 aromatic heterocycles. The molecule has 5 nitrogen and oxygen atoms in total. The number of benzene rings is 2. The minimum absolute atomic E-state index is 0.0744. The summed E-state index contributed by atoms with van der Waals surface area (Å²) in [5.74, 6) is -2.48. The van der Waals surface area contributed by atoms with Crippen molar-refractivity contribution < 1.29 is 23.9 Å². The van der Waals surface area contributed by atoms with Gasteiger partial charge in [-0.15, -0.1) is 0 Å². The molecule has 0 amide bonds. The Hall–Kier alpha value is -2.89. The summed E-state index contributed by atoms with van der Waals surface area (Å²) in [6.45, 7) is 0. The van der Waals surface area contributed by atoms with Gasteiger partial charge in [-0.3, -0.25) is 0 Å². The minimum atomic E-state index is -1.22. The van der Waals surface area contributed by atoms with Crippen molar-refractivity contribution in [3.05, 3.63) is 65.5 Å². The molecule has 0 aliphatic carbocycles. The van der Waals surface area contributed by atoms with Gasteiger partial charge in [0.25, 0.3) is 0 Å². The van der Waals surface area contributed by atoms with Crippen LogP contribution in [0, 0.1) is 5.82 Å². The number of aromatic carboxylic acids is 1. The highest BCUT2D eigenvalue weighted by Crippen LogP contribution is 2.12. The number of nitrogens with one attached hydrogen (secondary N) is 1. The molecule has 0 radical (unpaired) electrons. The zero-order chi connectivity index (χ0) is 14.5. The van der Waals surface area contributed by atoms with Gasteiger partial charge in [-0.25, -0.2) is 19.5 Å². The summed E-state index contributed by atoms with van der Waals surface area (Å²) in [4.78, 5) is 27.5. The van der Waals surface area contributed by atoms with Gasteiger partial charge in [0.05, 0.1) is 16.8 Å². The largest absolute Gasteiger partial charge is 0.478 e. The molecule has 0 fully saturated rings. The minimum Gasteiger partial charge on any atom is -0.478 e. The first-order valence-corrected chi connectivity index (χ1v) is 5.63. The van der Waals surface area contributed by atoms with Crippen molar-refractivity contribution in [1.82, 2.24) is 0 Å². The summed E-state index contributed by atoms with van der Waals surface area (Å²) in [7, 11) is 0. The third kappa shape index (κ3) is 3.11. The van der Waals surface area contributed by atoms with E-state index >= 15 is 0 Å². The first kappa shape index (κ1) is 13.5. The molecular formula is C14H10FNO4. The Kier molecular flexibility index (Phi) is 3.95. The zero-order valence-corrected chi connectivity index (χ0v) is 10.2. The number of hydrogen-bond donors (Lipinski definition) is 2. The topological polar surface area (TPSA) is 75.6 Å². The van der Waals surface area contributed by atoms with E-state index in [1.807, 2.05) is 0 Å². The summed E-state index contributed by atoms with van der Waals surface area (Å²) in [5, 5.41) is 8.96. The number of rotatable bonds is 4. The molecule has 0 unspecified atom stereocenters. The van der Waals surface area contributed by atoms with Crippen molar-refractivity contribution in [2.24, 2.45) is 0 Å². The smallest absolute Gasteiger partial charge is 0.363 e. The molecule has 2 aromatic carbocycles. The molecule has 0 bridgehead atoms. The maximum absolute atomic E-state index is 12.7. The molecular weight excluding hydrogens is 265 g/mol. The Morgan fingerprint density at radius 3 is 2.20 bits per heavy atom. The molecule has 6 heteroatoms. The van der Waals surface area contributed by atoms with Gasteiger partial charge >= 0.3 is 11.9 Å². The van der Waals surface area contributed by atoms with Gasteiger partial charge in [0.15, 0.2) is 0 Å². The molecule has 20 heavy (non-hydrogen) atoms. The maximum atomic E-state index is 12.7. The predicted molar refractivity (Wildman–Crippen MR) is 68.8 cm³/mol. The first-order valence-electron chi connectivity index (χ1n) is 5.63. The lowest BCUT2D eigenvalue weighted by molar-refractivity contribution is 0.0579. The maximum Gasteiger partial charge on any atom is 0.363 e. The number of carbonyl (C=O) groups excluding carboxylic acids is 1. The van der Waals surface area contributed by atoms with Crippen molar-refractivity contribution in [3.63, 3.8) is 0 Å². The highest BCUT2D eigenvalue weighted by molar-refractivity contribution is 6.02. The lowest BCUT2D eigenvalue weighted by Gasteiger charge is -2.08. The van der Waals surface area contributed by atoms with Gasteiger partial charge < -0.3 is 9.94 Å². The molecule has 0 saturated heterocycles. The van der Waals surface area contributed by atoms with E-state index < -0.39 is 17.8 Å². The highest BCUT2D eigenvalue weighted by atomic mass is 19.1. The van der Waals surface area contributed by atoms with Crippen LogP contribution in [0.3, 0.4) is 0 Å². The molecule has 0 aliphatic rings. The number of hydrogen-bond acceptors (Lipinski definition) is 4. The van der Waals surface area contributed by atoms with Gasteiger partial charge in [0.2, 0.25) is 0 Å². The fraction of sp³-hybridized carbons (Fsp3) is 0. The molecule has 2 N–H and O–H groups in total. The monoisotopic (exact) mass is 275 g/mol. The molecule has 0 spiro atoms. The van der Waals surface area contributed by atoms with E-state index in [0.717, 1.165) is 0 Å². The summed E-state index contributed by atoms with van der Waals surface area (Å²) in [6.07, 6.45) is 0. The molecule has 102 valence electrons. The number of carbonyl (C=O) groups is 2. The Morgan fingerprint density at radius 1 is 1.00 bits per heavy atom. The van der Waals surface area contributed by atoms with Gasteiger partial charge in [-0.05, 0) is 36.4 Å². The average molecular weight is 275 g/mol. The van der Waals surface area contributed by atoms with Gasteiger partial charge in [0.1, 0.15) is 5.82 Å². The second-order valence-electron chi connectivity index (χ2n) is 3.85. The van der Waals surface area contributed by atoms with Crippen LogP contribution in [0.25, 0.3) is 0 Å². The van der Waals surface area contributed by atoms with Crippen LogP contribution < -0.4 is 5.48 Å². The van der Waals surface area contributed by atoms with Crippen molar-refractivity contribution >= 4 is 17.6 Å². The lowest BCUT2D eigenvalue weighted by atomic mass is 10.1. The lowest BCUT2D eigenvalue weighted by Crippen LogP contribution is -2.14. The second kappa shape index (κ2) is 5.83. The summed E-state index contributed by atoms with van der Waals surface area (Å²) in [6, 6.07) is 10.8. The number of carboxylic acids is 1. The van der Waals surface area contributed by atoms with Crippen LogP contribution in [0.4, 0.5) is 10.1 Å². The predicted octanol–water partition coefficient (Wildman–Crippen LogP) is 2.71. The third-order valence-corrected chi connectivity index (χ3v) is 2.48. The van der Waals surface area contributed by atoms with E-state index in [9.17, 15) is 14.0 Å². The SMILES string of the molecule is O=C(O)c1ccccc1C(=O)ONc1ccc(F)cc1.